The van der Waals surface area contributed by atoms with Crippen LogP contribution in [-0.2, 0) is 4.74 Å². The predicted octanol–water partition coefficient (Wildman–Crippen LogP) is 5.11. The molecule has 0 spiro atoms. The topological polar surface area (TPSA) is 73.8 Å². The molecule has 0 bridgehead atoms. The van der Waals surface area contributed by atoms with E-state index in [4.69, 9.17) is 22.1 Å². The summed E-state index contributed by atoms with van der Waals surface area (Å²) in [7, 11) is 0. The summed E-state index contributed by atoms with van der Waals surface area (Å²) in [6.07, 6.45) is 1.86. The second kappa shape index (κ2) is 6.96. The molecule has 1 aromatic carbocycles. The molecule has 5 nitrogen and oxygen atoms in total. The number of carbonyl (C=O) groups excluding carboxylic acids is 2. The number of nitrogen functional groups attached to an aromatic ring is 1. The third-order valence-corrected chi connectivity index (χ3v) is 6.01. The molecule has 0 aliphatic heterocycles. The zero-order chi connectivity index (χ0) is 20.0. The van der Waals surface area contributed by atoms with Crippen LogP contribution in [0.3, 0.4) is 0 Å². The normalized spacial score (nSPS) is 11.2. The lowest BCUT2D eigenvalue weighted by Crippen LogP contribution is -2.05. The van der Waals surface area contributed by atoms with Crippen LogP contribution in [0.2, 0.25) is 5.02 Å². The summed E-state index contributed by atoms with van der Waals surface area (Å²) in [5, 5.41) is 0.552. The molecule has 0 aliphatic rings. The van der Waals surface area contributed by atoms with Gasteiger partial charge in [0, 0.05) is 16.8 Å². The number of halogens is 1. The number of esters is 1. The van der Waals surface area contributed by atoms with Crippen molar-refractivity contribution in [3.8, 4) is 0 Å². The summed E-state index contributed by atoms with van der Waals surface area (Å²) in [6, 6.07) is 10.5. The van der Waals surface area contributed by atoms with E-state index in [2.05, 4.69) is 0 Å². The quantitative estimate of drug-likeness (QED) is 0.373. The molecule has 0 saturated carbocycles. The largest absolute Gasteiger partial charge is 0.462 e. The van der Waals surface area contributed by atoms with Gasteiger partial charge >= 0.3 is 5.97 Å². The van der Waals surface area contributed by atoms with Gasteiger partial charge in [-0.15, -0.1) is 11.3 Å². The Morgan fingerprint density at radius 2 is 1.93 bits per heavy atom. The molecule has 2 N–H and O–H groups in total. The number of pyridine rings is 1. The highest BCUT2D eigenvalue weighted by Gasteiger charge is 2.27. The number of nitrogens with two attached hydrogens (primary N) is 1. The minimum Gasteiger partial charge on any atom is -0.462 e. The van der Waals surface area contributed by atoms with E-state index in [-0.39, 0.29) is 12.4 Å². The molecule has 0 fully saturated rings. The van der Waals surface area contributed by atoms with Gasteiger partial charge in [-0.2, -0.15) is 0 Å². The number of ether oxygens (including phenoxy) is 1. The first kappa shape index (κ1) is 18.5. The summed E-state index contributed by atoms with van der Waals surface area (Å²) >= 11 is 7.13. The van der Waals surface area contributed by atoms with Crippen LogP contribution in [0.4, 0.5) is 5.69 Å². The maximum Gasteiger partial charge on any atom is 0.341 e. The molecule has 3 heterocycles. The highest BCUT2D eigenvalue weighted by atomic mass is 35.5. The number of aromatic nitrogens is 1. The maximum absolute atomic E-state index is 13.0. The minimum atomic E-state index is -0.424. The number of rotatable bonds is 4. The van der Waals surface area contributed by atoms with Gasteiger partial charge in [0.05, 0.1) is 28.0 Å². The van der Waals surface area contributed by atoms with Crippen molar-refractivity contribution >= 4 is 56.1 Å². The maximum atomic E-state index is 13.0. The van der Waals surface area contributed by atoms with E-state index in [1.165, 1.54) is 11.3 Å². The zero-order valence-electron chi connectivity index (χ0n) is 15.3. The monoisotopic (exact) mass is 412 g/mol. The number of nitrogens with zero attached hydrogens (tertiary/aromatic N) is 1. The molecular weight excluding hydrogens is 396 g/mol. The molecular formula is C21H17ClN2O3S. The van der Waals surface area contributed by atoms with Crippen molar-refractivity contribution in [3.63, 3.8) is 0 Å². The Labute approximate surface area is 170 Å². The molecule has 0 unspecified atom stereocenters. The number of anilines is 1. The van der Waals surface area contributed by atoms with Crippen LogP contribution in [0.1, 0.15) is 38.1 Å². The average Bonchev–Trinajstić information content (AvgIpc) is 3.16. The van der Waals surface area contributed by atoms with E-state index in [1.807, 2.05) is 29.7 Å². The Morgan fingerprint density at radius 3 is 2.61 bits per heavy atom. The van der Waals surface area contributed by atoms with E-state index in [1.54, 1.807) is 31.2 Å². The summed E-state index contributed by atoms with van der Waals surface area (Å²) in [5.74, 6) is -0.627. The first-order chi connectivity index (χ1) is 13.4. The molecule has 0 aliphatic carbocycles. The Kier molecular flexibility index (Phi) is 4.61. The molecule has 0 amide bonds. The fourth-order valence-electron chi connectivity index (χ4n) is 3.26. The van der Waals surface area contributed by atoms with Gasteiger partial charge in [0.2, 0.25) is 5.78 Å². The van der Waals surface area contributed by atoms with Crippen molar-refractivity contribution in [2.45, 2.75) is 13.8 Å². The van der Waals surface area contributed by atoms with E-state index in [0.29, 0.717) is 36.9 Å². The number of aryl methyl sites for hydroxylation is 1. The number of fused-ring (bicyclic) bond motifs is 3. The second-order valence-electron chi connectivity index (χ2n) is 6.41. The predicted molar refractivity (Wildman–Crippen MR) is 113 cm³/mol. The Balaban J connectivity index is 1.98. The van der Waals surface area contributed by atoms with Crippen molar-refractivity contribution < 1.29 is 14.3 Å². The fraction of sp³-hybridized carbons (Fsp3) is 0.143. The highest BCUT2D eigenvalue weighted by molar-refractivity contribution is 7.22. The highest BCUT2D eigenvalue weighted by Crippen LogP contribution is 2.41. The lowest BCUT2D eigenvalue weighted by atomic mass is 10.1. The average molecular weight is 413 g/mol. The lowest BCUT2D eigenvalue weighted by Gasteiger charge is -2.04. The third-order valence-electron chi connectivity index (χ3n) is 4.55. The van der Waals surface area contributed by atoms with Gasteiger partial charge < -0.3 is 14.9 Å². The standard InChI is InChI=1S/C21H17ClN2O3S/c1-3-27-21(26)15-14-10-11(2)8-9-24(14)17-16(23)20(28-19(15)17)18(25)12-4-6-13(22)7-5-12/h4-10H,3,23H2,1-2H3. The van der Waals surface area contributed by atoms with Gasteiger partial charge in [-0.3, -0.25) is 4.79 Å². The van der Waals surface area contributed by atoms with Crippen LogP contribution in [0.25, 0.3) is 15.7 Å². The summed E-state index contributed by atoms with van der Waals surface area (Å²) in [5.41, 5.74) is 10.1. The van der Waals surface area contributed by atoms with E-state index in [9.17, 15) is 9.59 Å². The lowest BCUT2D eigenvalue weighted by molar-refractivity contribution is 0.0531. The third kappa shape index (κ3) is 2.85. The van der Waals surface area contributed by atoms with Crippen molar-refractivity contribution in [2.24, 2.45) is 0 Å². The molecule has 3 aromatic heterocycles. The molecule has 0 atom stereocenters. The molecule has 4 aromatic rings. The van der Waals surface area contributed by atoms with E-state index >= 15 is 0 Å². The van der Waals surface area contributed by atoms with Crippen LogP contribution in [0.5, 0.6) is 0 Å². The van der Waals surface area contributed by atoms with Gasteiger partial charge in [0.1, 0.15) is 10.4 Å². The van der Waals surface area contributed by atoms with Crippen LogP contribution in [-0.4, -0.2) is 22.8 Å². The van der Waals surface area contributed by atoms with Gasteiger partial charge in [-0.1, -0.05) is 11.6 Å². The molecule has 4 rings (SSSR count). The van der Waals surface area contributed by atoms with Gasteiger partial charge in [-0.05, 0) is 55.8 Å². The fourth-order valence-corrected chi connectivity index (χ4v) is 4.60. The van der Waals surface area contributed by atoms with Crippen molar-refractivity contribution in [1.29, 1.82) is 0 Å². The molecule has 0 radical (unpaired) electrons. The van der Waals surface area contributed by atoms with Crippen LogP contribution < -0.4 is 5.73 Å². The van der Waals surface area contributed by atoms with Gasteiger partial charge in [0.15, 0.2) is 0 Å². The zero-order valence-corrected chi connectivity index (χ0v) is 16.9. The van der Waals surface area contributed by atoms with Crippen LogP contribution in [0, 0.1) is 6.92 Å². The number of thiophene rings is 1. The SMILES string of the molecule is CCOC(=O)c1c2sc(C(=O)c3ccc(Cl)cc3)c(N)c2n2ccc(C)cc12. The van der Waals surface area contributed by atoms with Crippen LogP contribution in [0.15, 0.2) is 42.6 Å². The van der Waals surface area contributed by atoms with Crippen molar-refractivity contribution in [1.82, 2.24) is 4.40 Å². The van der Waals surface area contributed by atoms with E-state index < -0.39 is 5.97 Å². The second-order valence-corrected chi connectivity index (χ2v) is 7.87. The Hall–Kier alpha value is -2.83. The Bertz CT molecular complexity index is 1240. The van der Waals surface area contributed by atoms with Gasteiger partial charge in [-0.25, -0.2) is 4.79 Å². The van der Waals surface area contributed by atoms with Crippen LogP contribution >= 0.6 is 22.9 Å². The first-order valence-electron chi connectivity index (χ1n) is 8.72. The smallest absolute Gasteiger partial charge is 0.341 e. The summed E-state index contributed by atoms with van der Waals surface area (Å²) < 4.78 is 7.76. The summed E-state index contributed by atoms with van der Waals surface area (Å²) in [6.45, 7) is 3.98. The number of carbonyl (C=O) groups is 2. The first-order valence-corrected chi connectivity index (χ1v) is 9.91. The molecule has 142 valence electrons. The number of hydrogen-bond donors (Lipinski definition) is 1. The van der Waals surface area contributed by atoms with Gasteiger partial charge in [0.25, 0.3) is 0 Å². The molecule has 0 saturated heterocycles. The molecule has 28 heavy (non-hydrogen) atoms. The van der Waals surface area contributed by atoms with Crippen molar-refractivity contribution in [3.05, 3.63) is 69.2 Å². The number of ketones is 1. The minimum absolute atomic E-state index is 0.203. The number of hydrogen-bond acceptors (Lipinski definition) is 5. The van der Waals surface area contributed by atoms with E-state index in [0.717, 1.165) is 11.1 Å². The molecule has 7 heteroatoms. The number of benzene rings is 1. The Morgan fingerprint density at radius 1 is 1.21 bits per heavy atom. The summed E-state index contributed by atoms with van der Waals surface area (Å²) in [4.78, 5) is 26.1. The van der Waals surface area contributed by atoms with Crippen molar-refractivity contribution in [2.75, 3.05) is 12.3 Å².